The molecule has 6 nitrogen and oxygen atoms in total. The van der Waals surface area contributed by atoms with E-state index in [9.17, 15) is 9.59 Å². The molecule has 4 rings (SSSR count). The van der Waals surface area contributed by atoms with Gasteiger partial charge in [0.2, 0.25) is 11.8 Å². The first-order chi connectivity index (χ1) is 14.0. The van der Waals surface area contributed by atoms with Crippen LogP contribution in [-0.4, -0.2) is 39.1 Å². The number of para-hydroxylation sites is 1. The van der Waals surface area contributed by atoms with Crippen molar-refractivity contribution in [3.8, 4) is 11.5 Å². The van der Waals surface area contributed by atoms with Gasteiger partial charge < -0.3 is 19.3 Å². The minimum absolute atomic E-state index is 0.00780. The lowest BCUT2D eigenvalue weighted by Gasteiger charge is -2.31. The van der Waals surface area contributed by atoms with Crippen LogP contribution in [0.4, 0.5) is 11.4 Å². The van der Waals surface area contributed by atoms with Crippen LogP contribution in [0, 0.1) is 5.92 Å². The summed E-state index contributed by atoms with van der Waals surface area (Å²) in [5, 5.41) is 0.385. The molecule has 2 amide bonds. The third-order valence-corrected chi connectivity index (χ3v) is 5.89. The summed E-state index contributed by atoms with van der Waals surface area (Å²) in [6.07, 6.45) is 2.07. The second-order valence-corrected chi connectivity index (χ2v) is 7.69. The van der Waals surface area contributed by atoms with Gasteiger partial charge in [-0.1, -0.05) is 29.8 Å². The Labute approximate surface area is 174 Å². The van der Waals surface area contributed by atoms with Crippen molar-refractivity contribution in [1.82, 2.24) is 0 Å². The van der Waals surface area contributed by atoms with Crippen molar-refractivity contribution < 1.29 is 19.1 Å². The van der Waals surface area contributed by atoms with E-state index in [1.165, 1.54) is 19.8 Å². The maximum atomic E-state index is 13.3. The largest absolute Gasteiger partial charge is 0.495 e. The SMILES string of the molecule is COc1cc(OC)c(N2C[C@H](C(=O)N3CCCc4ccccc43)CC2=O)cc1Cl. The highest BCUT2D eigenvalue weighted by Gasteiger charge is 2.39. The molecule has 7 heteroatoms. The Morgan fingerprint density at radius 1 is 1.10 bits per heavy atom. The fraction of sp³-hybridized carbons (Fsp3) is 0.364. The summed E-state index contributed by atoms with van der Waals surface area (Å²) in [5.74, 6) is 0.423. The normalized spacial score (nSPS) is 18.6. The lowest BCUT2D eigenvalue weighted by Crippen LogP contribution is -2.40. The average Bonchev–Trinajstić information content (AvgIpc) is 3.14. The Morgan fingerprint density at radius 3 is 2.62 bits per heavy atom. The first-order valence-electron chi connectivity index (χ1n) is 9.64. The molecule has 2 aromatic carbocycles. The van der Waals surface area contributed by atoms with Crippen molar-refractivity contribution in [2.75, 3.05) is 37.1 Å². The summed E-state index contributed by atoms with van der Waals surface area (Å²) in [5.41, 5.74) is 2.69. The summed E-state index contributed by atoms with van der Waals surface area (Å²) < 4.78 is 10.7. The molecule has 152 valence electrons. The molecule has 2 heterocycles. The number of benzene rings is 2. The first-order valence-corrected chi connectivity index (χ1v) is 10.0. The van der Waals surface area contributed by atoms with Gasteiger partial charge in [-0.15, -0.1) is 0 Å². The van der Waals surface area contributed by atoms with Gasteiger partial charge >= 0.3 is 0 Å². The van der Waals surface area contributed by atoms with Crippen molar-refractivity contribution in [2.24, 2.45) is 5.92 Å². The summed E-state index contributed by atoms with van der Waals surface area (Å²) in [6, 6.07) is 11.3. The quantitative estimate of drug-likeness (QED) is 0.765. The van der Waals surface area contributed by atoms with Gasteiger partial charge in [-0.2, -0.15) is 0 Å². The van der Waals surface area contributed by atoms with E-state index in [0.29, 0.717) is 35.3 Å². The summed E-state index contributed by atoms with van der Waals surface area (Å²) >= 11 is 6.27. The fourth-order valence-electron chi connectivity index (χ4n) is 4.14. The number of anilines is 2. The first kappa shape index (κ1) is 19.6. The van der Waals surface area contributed by atoms with E-state index in [1.54, 1.807) is 17.0 Å². The topological polar surface area (TPSA) is 59.1 Å². The second kappa shape index (κ2) is 7.95. The Kier molecular flexibility index (Phi) is 5.37. The zero-order valence-electron chi connectivity index (χ0n) is 16.5. The number of hydrogen-bond acceptors (Lipinski definition) is 4. The zero-order valence-corrected chi connectivity index (χ0v) is 17.2. The van der Waals surface area contributed by atoms with Crippen molar-refractivity contribution >= 4 is 34.8 Å². The molecule has 1 fully saturated rings. The minimum Gasteiger partial charge on any atom is -0.495 e. The van der Waals surface area contributed by atoms with Gasteiger partial charge in [0.15, 0.2) is 0 Å². The van der Waals surface area contributed by atoms with E-state index in [4.69, 9.17) is 21.1 Å². The molecular formula is C22H23ClN2O4. The molecule has 0 aliphatic carbocycles. The van der Waals surface area contributed by atoms with Crippen LogP contribution >= 0.6 is 11.6 Å². The Balaban J connectivity index is 1.59. The predicted octanol–water partition coefficient (Wildman–Crippen LogP) is 3.69. The summed E-state index contributed by atoms with van der Waals surface area (Å²) in [6.45, 7) is 0.980. The molecule has 0 aromatic heterocycles. The second-order valence-electron chi connectivity index (χ2n) is 7.29. The number of rotatable bonds is 4. The number of hydrogen-bond donors (Lipinski definition) is 0. The number of aryl methyl sites for hydroxylation is 1. The Hall–Kier alpha value is -2.73. The number of carbonyl (C=O) groups excluding carboxylic acids is 2. The van der Waals surface area contributed by atoms with Crippen molar-refractivity contribution in [2.45, 2.75) is 19.3 Å². The van der Waals surface area contributed by atoms with Crippen LogP contribution in [0.5, 0.6) is 11.5 Å². The van der Waals surface area contributed by atoms with Crippen LogP contribution in [0.25, 0.3) is 0 Å². The number of halogens is 1. The molecule has 0 unspecified atom stereocenters. The summed E-state index contributed by atoms with van der Waals surface area (Å²) in [4.78, 5) is 29.5. The molecule has 0 radical (unpaired) electrons. The molecule has 2 aliphatic heterocycles. The van der Waals surface area contributed by atoms with Crippen LogP contribution in [0.1, 0.15) is 18.4 Å². The number of methoxy groups -OCH3 is 2. The highest BCUT2D eigenvalue weighted by Crippen LogP contribution is 2.41. The molecule has 0 saturated carbocycles. The van der Waals surface area contributed by atoms with Crippen molar-refractivity contribution in [1.29, 1.82) is 0 Å². The molecule has 2 aliphatic rings. The Bertz CT molecular complexity index is 962. The Morgan fingerprint density at radius 2 is 1.86 bits per heavy atom. The summed E-state index contributed by atoms with van der Waals surface area (Å²) in [7, 11) is 3.05. The standard InChI is InChI=1S/C22H23ClN2O4/c1-28-19-12-20(29-2)18(11-16(19)23)25-13-15(10-21(25)26)22(27)24-9-5-7-14-6-3-4-8-17(14)24/h3-4,6,8,11-12,15H,5,7,9-10,13H2,1-2H3/t15-/m1/s1. The van der Waals surface area contributed by atoms with Crippen LogP contribution in [0.2, 0.25) is 5.02 Å². The predicted molar refractivity (Wildman–Crippen MR) is 112 cm³/mol. The van der Waals surface area contributed by atoms with Gasteiger partial charge in [0, 0.05) is 31.3 Å². The van der Waals surface area contributed by atoms with Gasteiger partial charge in [0.25, 0.3) is 0 Å². The molecule has 0 N–H and O–H groups in total. The van der Waals surface area contributed by atoms with E-state index < -0.39 is 5.92 Å². The number of fused-ring (bicyclic) bond motifs is 1. The molecule has 1 atom stereocenters. The average molecular weight is 415 g/mol. The smallest absolute Gasteiger partial charge is 0.232 e. The van der Waals surface area contributed by atoms with Gasteiger partial charge in [-0.3, -0.25) is 9.59 Å². The van der Waals surface area contributed by atoms with Crippen LogP contribution in [-0.2, 0) is 16.0 Å². The van der Waals surface area contributed by atoms with Crippen LogP contribution in [0.3, 0.4) is 0 Å². The molecule has 0 spiro atoms. The van der Waals surface area contributed by atoms with Crippen LogP contribution < -0.4 is 19.3 Å². The highest BCUT2D eigenvalue weighted by molar-refractivity contribution is 6.32. The van der Waals surface area contributed by atoms with E-state index >= 15 is 0 Å². The maximum absolute atomic E-state index is 13.3. The number of amides is 2. The fourth-order valence-corrected chi connectivity index (χ4v) is 4.38. The van der Waals surface area contributed by atoms with E-state index in [2.05, 4.69) is 6.07 Å². The molecule has 0 bridgehead atoms. The lowest BCUT2D eigenvalue weighted by molar-refractivity contribution is -0.124. The van der Waals surface area contributed by atoms with Gasteiger partial charge in [0.05, 0.1) is 30.8 Å². The third-order valence-electron chi connectivity index (χ3n) is 5.59. The monoisotopic (exact) mass is 414 g/mol. The molecular weight excluding hydrogens is 392 g/mol. The molecule has 2 aromatic rings. The van der Waals surface area contributed by atoms with E-state index in [1.807, 2.05) is 23.1 Å². The van der Waals surface area contributed by atoms with Crippen molar-refractivity contribution in [3.05, 3.63) is 47.0 Å². The number of carbonyl (C=O) groups is 2. The molecule has 1 saturated heterocycles. The van der Waals surface area contributed by atoms with Crippen LogP contribution in [0.15, 0.2) is 36.4 Å². The highest BCUT2D eigenvalue weighted by atomic mass is 35.5. The third kappa shape index (κ3) is 3.53. The van der Waals surface area contributed by atoms with Crippen molar-refractivity contribution in [3.63, 3.8) is 0 Å². The number of nitrogens with zero attached hydrogens (tertiary/aromatic N) is 2. The number of ether oxygens (including phenoxy) is 2. The van der Waals surface area contributed by atoms with E-state index in [0.717, 1.165) is 18.5 Å². The minimum atomic E-state index is -0.403. The van der Waals surface area contributed by atoms with Gasteiger partial charge in [-0.05, 0) is 30.5 Å². The lowest BCUT2D eigenvalue weighted by atomic mass is 9.99. The zero-order chi connectivity index (χ0) is 20.5. The van der Waals surface area contributed by atoms with Gasteiger partial charge in [-0.25, -0.2) is 0 Å². The molecule has 29 heavy (non-hydrogen) atoms. The van der Waals surface area contributed by atoms with E-state index in [-0.39, 0.29) is 18.2 Å². The maximum Gasteiger partial charge on any atom is 0.232 e. The van der Waals surface area contributed by atoms with Gasteiger partial charge in [0.1, 0.15) is 11.5 Å².